The van der Waals surface area contributed by atoms with E-state index in [2.05, 4.69) is 12.2 Å². The second kappa shape index (κ2) is 8.62. The van der Waals surface area contributed by atoms with Crippen LogP contribution in [0.15, 0.2) is 29.2 Å². The highest BCUT2D eigenvalue weighted by atomic mass is 32.2. The molecule has 1 aromatic rings. The van der Waals surface area contributed by atoms with Gasteiger partial charge in [-0.1, -0.05) is 43.9 Å². The van der Waals surface area contributed by atoms with Crippen LogP contribution in [-0.2, 0) is 14.8 Å². The lowest BCUT2D eigenvalue weighted by Crippen LogP contribution is -2.46. The lowest BCUT2D eigenvalue weighted by Gasteiger charge is -2.23. The number of hydrogen-bond acceptors (Lipinski definition) is 3. The van der Waals surface area contributed by atoms with Crippen LogP contribution in [0, 0.1) is 6.92 Å². The Balaban J connectivity index is 2.01. The van der Waals surface area contributed by atoms with Gasteiger partial charge in [0.15, 0.2) is 0 Å². The van der Waals surface area contributed by atoms with E-state index in [4.69, 9.17) is 0 Å². The highest BCUT2D eigenvalue weighted by Gasteiger charge is 2.39. The average molecular weight is 353 g/mol. The Morgan fingerprint density at radius 1 is 1.21 bits per heavy atom. The first-order chi connectivity index (χ1) is 11.5. The van der Waals surface area contributed by atoms with Crippen molar-refractivity contribution >= 4 is 15.9 Å². The van der Waals surface area contributed by atoms with Crippen molar-refractivity contribution in [2.45, 2.75) is 63.3 Å². The molecule has 1 atom stereocenters. The van der Waals surface area contributed by atoms with Crippen molar-refractivity contribution in [3.63, 3.8) is 0 Å². The van der Waals surface area contributed by atoms with Gasteiger partial charge < -0.3 is 5.32 Å². The van der Waals surface area contributed by atoms with E-state index in [9.17, 15) is 13.2 Å². The summed E-state index contributed by atoms with van der Waals surface area (Å²) in [7, 11) is -3.62. The van der Waals surface area contributed by atoms with Gasteiger partial charge in [0.2, 0.25) is 15.9 Å². The summed E-state index contributed by atoms with van der Waals surface area (Å²) in [6, 6.07) is 6.21. The number of nitrogens with one attached hydrogen (secondary N) is 1. The minimum atomic E-state index is -3.62. The molecule has 134 valence electrons. The van der Waals surface area contributed by atoms with Crippen molar-refractivity contribution in [3.8, 4) is 0 Å². The molecule has 6 heteroatoms. The van der Waals surface area contributed by atoms with E-state index >= 15 is 0 Å². The van der Waals surface area contributed by atoms with Gasteiger partial charge in [-0.2, -0.15) is 4.31 Å². The molecule has 1 aliphatic heterocycles. The lowest BCUT2D eigenvalue weighted by molar-refractivity contribution is -0.124. The largest absolute Gasteiger partial charge is 0.355 e. The monoisotopic (exact) mass is 352 g/mol. The Kier molecular flexibility index (Phi) is 6.80. The molecule has 1 heterocycles. The Labute approximate surface area is 145 Å². The summed E-state index contributed by atoms with van der Waals surface area (Å²) < 4.78 is 27.0. The normalized spacial score (nSPS) is 18.7. The molecule has 1 unspecified atom stereocenters. The zero-order valence-corrected chi connectivity index (χ0v) is 15.4. The Bertz CT molecular complexity index is 641. The SMILES string of the molecule is CCCCCCNC(=O)C1CCCN1S(=O)(=O)c1ccc(C)cc1. The molecule has 1 amide bonds. The van der Waals surface area contributed by atoms with Crippen molar-refractivity contribution in [2.24, 2.45) is 0 Å². The number of rotatable bonds is 8. The number of carbonyl (C=O) groups is 1. The molecule has 0 bridgehead atoms. The van der Waals surface area contributed by atoms with Gasteiger partial charge in [0.25, 0.3) is 0 Å². The van der Waals surface area contributed by atoms with E-state index in [0.717, 1.165) is 37.7 Å². The predicted molar refractivity (Wildman–Crippen MR) is 95.2 cm³/mol. The molecule has 1 fully saturated rings. The van der Waals surface area contributed by atoms with Crippen LogP contribution in [0.25, 0.3) is 0 Å². The summed E-state index contributed by atoms with van der Waals surface area (Å²) in [4.78, 5) is 12.7. The average Bonchev–Trinajstić information content (AvgIpc) is 3.05. The number of amides is 1. The molecule has 0 aromatic heterocycles. The second-order valence-electron chi connectivity index (χ2n) is 6.44. The standard InChI is InChI=1S/C18H28N2O3S/c1-3-4-5-6-13-19-18(21)17-8-7-14-20(17)24(22,23)16-11-9-15(2)10-12-16/h9-12,17H,3-8,13-14H2,1-2H3,(H,19,21). The summed E-state index contributed by atoms with van der Waals surface area (Å²) in [5.74, 6) is -0.167. The van der Waals surface area contributed by atoms with Crippen LogP contribution in [0.1, 0.15) is 51.0 Å². The maximum atomic E-state index is 12.8. The number of sulfonamides is 1. The van der Waals surface area contributed by atoms with Crippen LogP contribution in [0.3, 0.4) is 0 Å². The molecule has 1 aliphatic rings. The van der Waals surface area contributed by atoms with E-state index in [0.29, 0.717) is 19.5 Å². The van der Waals surface area contributed by atoms with Crippen LogP contribution in [0.5, 0.6) is 0 Å². The molecule has 0 aliphatic carbocycles. The molecule has 1 aromatic carbocycles. The molecular weight excluding hydrogens is 324 g/mol. The molecular formula is C18H28N2O3S. The Morgan fingerprint density at radius 2 is 1.92 bits per heavy atom. The van der Waals surface area contributed by atoms with E-state index in [1.165, 1.54) is 4.31 Å². The molecule has 0 saturated carbocycles. The Morgan fingerprint density at radius 3 is 2.58 bits per heavy atom. The zero-order valence-electron chi connectivity index (χ0n) is 14.6. The topological polar surface area (TPSA) is 66.5 Å². The first-order valence-corrected chi connectivity index (χ1v) is 10.3. The second-order valence-corrected chi connectivity index (χ2v) is 8.33. The van der Waals surface area contributed by atoms with E-state index in [1.807, 2.05) is 6.92 Å². The maximum Gasteiger partial charge on any atom is 0.243 e. The van der Waals surface area contributed by atoms with Gasteiger partial charge in [-0.05, 0) is 38.3 Å². The van der Waals surface area contributed by atoms with E-state index < -0.39 is 16.1 Å². The van der Waals surface area contributed by atoms with Crippen LogP contribution in [0.2, 0.25) is 0 Å². The molecule has 0 radical (unpaired) electrons. The Hall–Kier alpha value is -1.40. The zero-order chi connectivity index (χ0) is 17.6. The third kappa shape index (κ3) is 4.57. The third-order valence-electron chi connectivity index (χ3n) is 4.46. The van der Waals surface area contributed by atoms with Gasteiger partial charge in [-0.25, -0.2) is 8.42 Å². The summed E-state index contributed by atoms with van der Waals surface area (Å²) in [5, 5.41) is 2.90. The molecule has 0 spiro atoms. The first kappa shape index (κ1) is 18.9. The molecule has 1 saturated heterocycles. The summed E-state index contributed by atoms with van der Waals surface area (Å²) in [5.41, 5.74) is 1.01. The summed E-state index contributed by atoms with van der Waals surface area (Å²) in [6.07, 6.45) is 5.65. The number of nitrogens with zero attached hydrogens (tertiary/aromatic N) is 1. The van der Waals surface area contributed by atoms with Crippen LogP contribution < -0.4 is 5.32 Å². The number of carbonyl (C=O) groups excluding carboxylic acids is 1. The molecule has 1 N–H and O–H groups in total. The highest BCUT2D eigenvalue weighted by Crippen LogP contribution is 2.26. The minimum Gasteiger partial charge on any atom is -0.355 e. The quantitative estimate of drug-likeness (QED) is 0.732. The number of benzene rings is 1. The van der Waals surface area contributed by atoms with Gasteiger partial charge in [0.1, 0.15) is 6.04 Å². The third-order valence-corrected chi connectivity index (χ3v) is 6.39. The summed E-state index contributed by atoms with van der Waals surface area (Å²) >= 11 is 0. The van der Waals surface area contributed by atoms with Crippen LogP contribution in [0.4, 0.5) is 0 Å². The first-order valence-electron chi connectivity index (χ1n) is 8.83. The lowest BCUT2D eigenvalue weighted by atomic mass is 10.2. The molecule has 5 nitrogen and oxygen atoms in total. The van der Waals surface area contributed by atoms with Crippen molar-refractivity contribution in [1.82, 2.24) is 9.62 Å². The fourth-order valence-electron chi connectivity index (χ4n) is 3.02. The van der Waals surface area contributed by atoms with Crippen LogP contribution >= 0.6 is 0 Å². The number of unbranched alkanes of at least 4 members (excludes halogenated alkanes) is 3. The minimum absolute atomic E-state index is 0.167. The van der Waals surface area contributed by atoms with Gasteiger partial charge >= 0.3 is 0 Å². The maximum absolute atomic E-state index is 12.8. The number of aryl methyl sites for hydroxylation is 1. The van der Waals surface area contributed by atoms with E-state index in [1.54, 1.807) is 24.3 Å². The van der Waals surface area contributed by atoms with E-state index in [-0.39, 0.29) is 10.8 Å². The fraction of sp³-hybridized carbons (Fsp3) is 0.611. The van der Waals surface area contributed by atoms with Crippen molar-refractivity contribution in [2.75, 3.05) is 13.1 Å². The highest BCUT2D eigenvalue weighted by molar-refractivity contribution is 7.89. The van der Waals surface area contributed by atoms with Crippen LogP contribution in [-0.4, -0.2) is 37.8 Å². The smallest absolute Gasteiger partial charge is 0.243 e. The van der Waals surface area contributed by atoms with Crippen molar-refractivity contribution in [1.29, 1.82) is 0 Å². The van der Waals surface area contributed by atoms with Gasteiger partial charge in [-0.3, -0.25) is 4.79 Å². The molecule has 24 heavy (non-hydrogen) atoms. The fourth-order valence-corrected chi connectivity index (χ4v) is 4.67. The van der Waals surface area contributed by atoms with Gasteiger partial charge in [0, 0.05) is 13.1 Å². The predicted octanol–water partition coefficient (Wildman–Crippen LogP) is 2.84. The number of hydrogen-bond donors (Lipinski definition) is 1. The van der Waals surface area contributed by atoms with Gasteiger partial charge in [-0.15, -0.1) is 0 Å². The molecule has 2 rings (SSSR count). The summed E-state index contributed by atoms with van der Waals surface area (Å²) in [6.45, 7) is 5.09. The van der Waals surface area contributed by atoms with Gasteiger partial charge in [0.05, 0.1) is 4.90 Å². The van der Waals surface area contributed by atoms with Crippen molar-refractivity contribution < 1.29 is 13.2 Å². The van der Waals surface area contributed by atoms with Crippen molar-refractivity contribution in [3.05, 3.63) is 29.8 Å².